The average Bonchev–Trinajstić information content (AvgIpc) is 2.76. The third-order valence-corrected chi connectivity index (χ3v) is 3.52. The van der Waals surface area contributed by atoms with E-state index in [1.165, 1.54) is 6.42 Å². The number of thiazole rings is 1. The molecule has 0 saturated carbocycles. The fourth-order valence-corrected chi connectivity index (χ4v) is 2.48. The van der Waals surface area contributed by atoms with Crippen LogP contribution in [0.5, 0.6) is 0 Å². The Morgan fingerprint density at radius 1 is 1.53 bits per heavy atom. The molecule has 4 nitrogen and oxygen atoms in total. The van der Waals surface area contributed by atoms with E-state index in [4.69, 9.17) is 5.11 Å². The minimum atomic E-state index is -0.766. The van der Waals surface area contributed by atoms with Crippen LogP contribution in [0.1, 0.15) is 38.8 Å². The number of anilines is 1. The lowest BCUT2D eigenvalue weighted by molar-refractivity contribution is -0.136. The molecular weight excluding hydrogens is 236 g/mol. The van der Waals surface area contributed by atoms with E-state index in [1.807, 2.05) is 5.38 Å². The highest BCUT2D eigenvalue weighted by molar-refractivity contribution is 7.13. The number of unbranched alkanes of at least 4 members (excludes halogenated alkanes) is 1. The summed E-state index contributed by atoms with van der Waals surface area (Å²) in [6.07, 6.45) is 3.02. The summed E-state index contributed by atoms with van der Waals surface area (Å²) in [6.45, 7) is 6.27. The summed E-state index contributed by atoms with van der Waals surface area (Å²) < 4.78 is 0. The molecule has 0 unspecified atom stereocenters. The van der Waals surface area contributed by atoms with Crippen molar-refractivity contribution in [2.24, 2.45) is 0 Å². The number of aromatic nitrogens is 1. The fourth-order valence-electron chi connectivity index (χ4n) is 1.53. The molecule has 0 radical (unpaired) electrons. The monoisotopic (exact) mass is 256 g/mol. The zero-order valence-electron chi connectivity index (χ0n) is 10.5. The molecule has 0 fully saturated rings. The maximum atomic E-state index is 10.5. The van der Waals surface area contributed by atoms with Gasteiger partial charge < -0.3 is 10.0 Å². The zero-order valence-corrected chi connectivity index (χ0v) is 11.3. The first-order valence-electron chi connectivity index (χ1n) is 6.08. The quantitative estimate of drug-likeness (QED) is 0.777. The standard InChI is InChI=1S/C12H20N2O2S/c1-3-5-8-14(4-2)12-13-10(9-17-12)6-7-11(15)16/h9H,3-8H2,1-2H3,(H,15,16). The molecule has 0 aromatic carbocycles. The number of aryl methyl sites for hydroxylation is 1. The Labute approximate surface area is 106 Å². The number of rotatable bonds is 8. The van der Waals surface area contributed by atoms with Crippen molar-refractivity contribution in [3.05, 3.63) is 11.1 Å². The molecule has 0 aliphatic rings. The van der Waals surface area contributed by atoms with E-state index in [9.17, 15) is 4.79 Å². The molecule has 1 aromatic heterocycles. The second-order valence-corrected chi connectivity index (χ2v) is 4.78. The Bertz CT molecular complexity index is 352. The Balaban J connectivity index is 2.55. The van der Waals surface area contributed by atoms with E-state index < -0.39 is 5.97 Å². The third kappa shape index (κ3) is 4.73. The highest BCUT2D eigenvalue weighted by Gasteiger charge is 2.09. The van der Waals surface area contributed by atoms with E-state index in [2.05, 4.69) is 23.7 Å². The van der Waals surface area contributed by atoms with Gasteiger partial charge in [0, 0.05) is 24.9 Å². The number of nitrogens with zero attached hydrogens (tertiary/aromatic N) is 2. The van der Waals surface area contributed by atoms with Crippen LogP contribution in [0, 0.1) is 0 Å². The van der Waals surface area contributed by atoms with Crippen LogP contribution in [0.4, 0.5) is 5.13 Å². The molecule has 0 spiro atoms. The van der Waals surface area contributed by atoms with Gasteiger partial charge in [-0.15, -0.1) is 11.3 Å². The van der Waals surface area contributed by atoms with Gasteiger partial charge in [-0.25, -0.2) is 4.98 Å². The summed E-state index contributed by atoms with van der Waals surface area (Å²) in [7, 11) is 0. The molecule has 5 heteroatoms. The number of carboxylic acid groups (broad SMARTS) is 1. The number of hydrogen-bond acceptors (Lipinski definition) is 4. The summed E-state index contributed by atoms with van der Waals surface area (Å²) in [4.78, 5) is 17.2. The predicted octanol–water partition coefficient (Wildman–Crippen LogP) is 2.79. The van der Waals surface area contributed by atoms with Crippen molar-refractivity contribution < 1.29 is 9.90 Å². The Kier molecular flexibility index (Phi) is 5.97. The van der Waals surface area contributed by atoms with Crippen LogP contribution < -0.4 is 4.90 Å². The smallest absolute Gasteiger partial charge is 0.303 e. The van der Waals surface area contributed by atoms with Crippen molar-refractivity contribution in [1.82, 2.24) is 4.98 Å². The molecule has 17 heavy (non-hydrogen) atoms. The topological polar surface area (TPSA) is 53.4 Å². The maximum absolute atomic E-state index is 10.5. The highest BCUT2D eigenvalue weighted by Crippen LogP contribution is 2.21. The van der Waals surface area contributed by atoms with Crippen molar-refractivity contribution in [3.8, 4) is 0 Å². The van der Waals surface area contributed by atoms with Crippen molar-refractivity contribution in [2.75, 3.05) is 18.0 Å². The van der Waals surface area contributed by atoms with Crippen LogP contribution in [0.15, 0.2) is 5.38 Å². The van der Waals surface area contributed by atoms with Gasteiger partial charge in [-0.05, 0) is 13.3 Å². The molecule has 0 bridgehead atoms. The van der Waals surface area contributed by atoms with Gasteiger partial charge in [-0.1, -0.05) is 13.3 Å². The SMILES string of the molecule is CCCCN(CC)c1nc(CCC(=O)O)cs1. The first kappa shape index (κ1) is 14.0. The third-order valence-electron chi connectivity index (χ3n) is 2.57. The highest BCUT2D eigenvalue weighted by atomic mass is 32.1. The van der Waals surface area contributed by atoms with E-state index in [1.54, 1.807) is 11.3 Å². The molecule has 0 atom stereocenters. The van der Waals surface area contributed by atoms with Gasteiger partial charge in [0.2, 0.25) is 0 Å². The summed E-state index contributed by atoms with van der Waals surface area (Å²) >= 11 is 1.61. The lowest BCUT2D eigenvalue weighted by Gasteiger charge is -2.18. The van der Waals surface area contributed by atoms with Gasteiger partial charge in [0.25, 0.3) is 0 Å². The molecule has 0 aliphatic carbocycles. The number of hydrogen-bond donors (Lipinski definition) is 1. The Morgan fingerprint density at radius 2 is 2.29 bits per heavy atom. The fraction of sp³-hybridized carbons (Fsp3) is 0.667. The van der Waals surface area contributed by atoms with Crippen LogP contribution in [0.25, 0.3) is 0 Å². The maximum Gasteiger partial charge on any atom is 0.303 e. The molecule has 1 heterocycles. The second kappa shape index (κ2) is 7.27. The first-order chi connectivity index (χ1) is 8.17. The van der Waals surface area contributed by atoms with Crippen molar-refractivity contribution in [1.29, 1.82) is 0 Å². The summed E-state index contributed by atoms with van der Waals surface area (Å²) in [5, 5.41) is 11.6. The predicted molar refractivity (Wildman–Crippen MR) is 70.9 cm³/mol. The van der Waals surface area contributed by atoms with Crippen molar-refractivity contribution >= 4 is 22.4 Å². The van der Waals surface area contributed by atoms with Gasteiger partial charge in [-0.2, -0.15) is 0 Å². The van der Waals surface area contributed by atoms with Gasteiger partial charge in [0.05, 0.1) is 12.1 Å². The molecule has 0 aliphatic heterocycles. The lowest BCUT2D eigenvalue weighted by atomic mass is 10.2. The first-order valence-corrected chi connectivity index (χ1v) is 6.96. The van der Waals surface area contributed by atoms with Crippen LogP contribution in [0.3, 0.4) is 0 Å². The van der Waals surface area contributed by atoms with E-state index in [0.717, 1.165) is 30.3 Å². The molecule has 96 valence electrons. The van der Waals surface area contributed by atoms with Crippen LogP contribution in [0.2, 0.25) is 0 Å². The van der Waals surface area contributed by atoms with Gasteiger partial charge in [0.15, 0.2) is 5.13 Å². The van der Waals surface area contributed by atoms with E-state index in [0.29, 0.717) is 6.42 Å². The van der Waals surface area contributed by atoms with E-state index in [-0.39, 0.29) is 6.42 Å². The normalized spacial score (nSPS) is 10.5. The Morgan fingerprint density at radius 3 is 2.88 bits per heavy atom. The summed E-state index contributed by atoms with van der Waals surface area (Å²) in [6, 6.07) is 0. The minimum Gasteiger partial charge on any atom is -0.481 e. The average molecular weight is 256 g/mol. The van der Waals surface area contributed by atoms with Crippen molar-refractivity contribution in [2.45, 2.75) is 39.5 Å². The molecular formula is C12H20N2O2S. The number of aliphatic carboxylic acids is 1. The minimum absolute atomic E-state index is 0.157. The molecule has 0 saturated heterocycles. The van der Waals surface area contributed by atoms with Gasteiger partial charge in [-0.3, -0.25) is 4.79 Å². The Hall–Kier alpha value is -1.10. The second-order valence-electron chi connectivity index (χ2n) is 3.95. The molecule has 1 rings (SSSR count). The van der Waals surface area contributed by atoms with Gasteiger partial charge in [0.1, 0.15) is 0 Å². The van der Waals surface area contributed by atoms with Crippen molar-refractivity contribution in [3.63, 3.8) is 0 Å². The number of carboxylic acids is 1. The van der Waals surface area contributed by atoms with Crippen LogP contribution in [-0.4, -0.2) is 29.1 Å². The van der Waals surface area contributed by atoms with Gasteiger partial charge >= 0.3 is 5.97 Å². The zero-order chi connectivity index (χ0) is 12.7. The summed E-state index contributed by atoms with van der Waals surface area (Å²) in [5.41, 5.74) is 0.891. The molecule has 1 N–H and O–H groups in total. The molecule has 0 amide bonds. The number of carbonyl (C=O) groups is 1. The van der Waals surface area contributed by atoms with Crippen LogP contribution in [-0.2, 0) is 11.2 Å². The largest absolute Gasteiger partial charge is 0.481 e. The lowest BCUT2D eigenvalue weighted by Crippen LogP contribution is -2.23. The summed E-state index contributed by atoms with van der Waals surface area (Å²) in [5.74, 6) is -0.766. The van der Waals surface area contributed by atoms with Crippen LogP contribution >= 0.6 is 11.3 Å². The molecule has 1 aromatic rings. The van der Waals surface area contributed by atoms with E-state index >= 15 is 0 Å².